The van der Waals surface area contributed by atoms with Crippen LogP contribution in [0.4, 0.5) is 4.79 Å². The lowest BCUT2D eigenvalue weighted by Crippen LogP contribution is -2.30. The van der Waals surface area contributed by atoms with Crippen molar-refractivity contribution in [1.82, 2.24) is 5.32 Å². The van der Waals surface area contributed by atoms with Crippen molar-refractivity contribution >= 4 is 12.1 Å². The first-order chi connectivity index (χ1) is 11.6. The third kappa shape index (κ3) is 2.52. The molecular formula is C19H17NO4. The Bertz CT molecular complexity index is 771. The smallest absolute Gasteiger partial charge is 0.407 e. The molecule has 0 aliphatic heterocycles. The molecule has 122 valence electrons. The highest BCUT2D eigenvalue weighted by molar-refractivity contribution is 5.79. The Kier molecular flexibility index (Phi) is 3.49. The molecule has 0 aromatic heterocycles. The first-order valence-corrected chi connectivity index (χ1v) is 7.99. The summed E-state index contributed by atoms with van der Waals surface area (Å²) in [7, 11) is 0. The first kappa shape index (κ1) is 14.8. The van der Waals surface area contributed by atoms with Crippen LogP contribution in [0.5, 0.6) is 0 Å². The number of nitrogens with one attached hydrogen (secondary N) is 1. The van der Waals surface area contributed by atoms with E-state index < -0.39 is 18.0 Å². The fourth-order valence-electron chi connectivity index (χ4n) is 3.42. The van der Waals surface area contributed by atoms with E-state index in [1.807, 2.05) is 24.3 Å². The molecule has 5 nitrogen and oxygen atoms in total. The van der Waals surface area contributed by atoms with Gasteiger partial charge in [-0.3, -0.25) is 4.79 Å². The Morgan fingerprint density at radius 1 is 1.04 bits per heavy atom. The van der Waals surface area contributed by atoms with Crippen LogP contribution in [-0.2, 0) is 9.53 Å². The van der Waals surface area contributed by atoms with E-state index in [9.17, 15) is 9.59 Å². The molecule has 0 bridgehead atoms. The number of rotatable bonds is 4. The minimum absolute atomic E-state index is 0.0117. The summed E-state index contributed by atoms with van der Waals surface area (Å²) >= 11 is 0. The molecule has 0 heterocycles. The number of carbonyl (C=O) groups is 2. The fraction of sp³-hybridized carbons (Fsp3) is 0.263. The lowest BCUT2D eigenvalue weighted by molar-refractivity contribution is -0.138. The molecule has 2 aromatic rings. The standard InChI is InChI=1S/C19H17NO4/c21-18(22)15-9-17(15)20-19(23)24-10-16-13-7-3-1-5-11(13)12-6-2-4-8-14(12)16/h1-8,15-17H,9-10H2,(H,20,23)(H,21,22)/t15-,17+/m1/s1. The van der Waals surface area contributed by atoms with Crippen LogP contribution < -0.4 is 5.32 Å². The topological polar surface area (TPSA) is 75.6 Å². The molecule has 0 saturated heterocycles. The van der Waals surface area contributed by atoms with Gasteiger partial charge in [0.15, 0.2) is 0 Å². The van der Waals surface area contributed by atoms with Crippen molar-refractivity contribution in [3.63, 3.8) is 0 Å². The van der Waals surface area contributed by atoms with Gasteiger partial charge in [0.05, 0.1) is 5.92 Å². The van der Waals surface area contributed by atoms with Crippen LogP contribution in [0.2, 0.25) is 0 Å². The summed E-state index contributed by atoms with van der Waals surface area (Å²) in [4.78, 5) is 22.7. The molecule has 2 aliphatic rings. The number of fused-ring (bicyclic) bond motifs is 3. The highest BCUT2D eigenvalue weighted by Gasteiger charge is 2.44. The number of aliphatic carboxylic acids is 1. The summed E-state index contributed by atoms with van der Waals surface area (Å²) in [6.45, 7) is 0.240. The maximum Gasteiger partial charge on any atom is 0.407 e. The van der Waals surface area contributed by atoms with Crippen molar-refractivity contribution in [2.45, 2.75) is 18.4 Å². The van der Waals surface area contributed by atoms with E-state index in [-0.39, 0.29) is 18.6 Å². The van der Waals surface area contributed by atoms with Gasteiger partial charge in [-0.05, 0) is 28.7 Å². The summed E-state index contributed by atoms with van der Waals surface area (Å²) in [5, 5.41) is 11.5. The second kappa shape index (κ2) is 5.67. The fourth-order valence-corrected chi connectivity index (χ4v) is 3.42. The molecule has 4 rings (SSSR count). The van der Waals surface area contributed by atoms with E-state index in [1.165, 1.54) is 11.1 Å². The largest absolute Gasteiger partial charge is 0.481 e. The summed E-state index contributed by atoms with van der Waals surface area (Å²) in [6, 6.07) is 15.9. The van der Waals surface area contributed by atoms with Crippen molar-refractivity contribution < 1.29 is 19.4 Å². The summed E-state index contributed by atoms with van der Waals surface area (Å²) in [6.07, 6.45) is -0.0786. The summed E-state index contributed by atoms with van der Waals surface area (Å²) in [5.41, 5.74) is 4.66. The van der Waals surface area contributed by atoms with Crippen molar-refractivity contribution in [1.29, 1.82) is 0 Å². The molecular weight excluding hydrogens is 306 g/mol. The van der Waals surface area contributed by atoms with Crippen molar-refractivity contribution in [3.8, 4) is 11.1 Å². The van der Waals surface area contributed by atoms with Gasteiger partial charge in [0.2, 0.25) is 0 Å². The molecule has 0 spiro atoms. The van der Waals surface area contributed by atoms with Gasteiger partial charge in [-0.15, -0.1) is 0 Å². The Labute approximate surface area is 139 Å². The zero-order valence-corrected chi connectivity index (χ0v) is 12.9. The maximum absolute atomic E-state index is 11.9. The van der Waals surface area contributed by atoms with Crippen molar-refractivity contribution in [2.75, 3.05) is 6.61 Å². The second-order valence-corrected chi connectivity index (χ2v) is 6.26. The monoisotopic (exact) mass is 323 g/mol. The van der Waals surface area contributed by atoms with E-state index in [0.29, 0.717) is 6.42 Å². The molecule has 2 aromatic carbocycles. The number of carbonyl (C=O) groups excluding carboxylic acids is 1. The minimum atomic E-state index is -0.876. The number of alkyl carbamates (subject to hydrolysis) is 1. The average Bonchev–Trinajstić information content (AvgIpc) is 3.28. The van der Waals surface area contributed by atoms with E-state index in [4.69, 9.17) is 9.84 Å². The van der Waals surface area contributed by atoms with Gasteiger partial charge in [0.25, 0.3) is 0 Å². The molecule has 2 atom stereocenters. The van der Waals surface area contributed by atoms with Crippen LogP contribution in [0.3, 0.4) is 0 Å². The third-order valence-electron chi connectivity index (χ3n) is 4.75. The van der Waals surface area contributed by atoms with Crippen molar-refractivity contribution in [2.24, 2.45) is 5.92 Å². The number of carboxylic acid groups (broad SMARTS) is 1. The molecule has 1 amide bonds. The van der Waals surface area contributed by atoms with Crippen molar-refractivity contribution in [3.05, 3.63) is 59.7 Å². The highest BCUT2D eigenvalue weighted by Crippen LogP contribution is 2.44. The van der Waals surface area contributed by atoms with Crippen LogP contribution in [-0.4, -0.2) is 29.8 Å². The molecule has 2 aliphatic carbocycles. The highest BCUT2D eigenvalue weighted by atomic mass is 16.5. The number of benzene rings is 2. The molecule has 24 heavy (non-hydrogen) atoms. The van der Waals surface area contributed by atoms with Gasteiger partial charge in [-0.1, -0.05) is 48.5 Å². The molecule has 2 N–H and O–H groups in total. The number of amides is 1. The van der Waals surface area contributed by atoms with Gasteiger partial charge in [-0.2, -0.15) is 0 Å². The Morgan fingerprint density at radius 3 is 2.17 bits per heavy atom. The van der Waals surface area contributed by atoms with Crippen LogP contribution in [0, 0.1) is 5.92 Å². The molecule has 5 heteroatoms. The van der Waals surface area contributed by atoms with Crippen LogP contribution >= 0.6 is 0 Å². The van der Waals surface area contributed by atoms with Gasteiger partial charge in [0, 0.05) is 12.0 Å². The van der Waals surface area contributed by atoms with E-state index in [0.717, 1.165) is 11.1 Å². The van der Waals surface area contributed by atoms with Crippen LogP contribution in [0.1, 0.15) is 23.5 Å². The maximum atomic E-state index is 11.9. The minimum Gasteiger partial charge on any atom is -0.481 e. The van der Waals surface area contributed by atoms with Gasteiger partial charge in [-0.25, -0.2) is 4.79 Å². The Hall–Kier alpha value is -2.82. The zero-order chi connectivity index (χ0) is 16.7. The lowest BCUT2D eigenvalue weighted by Gasteiger charge is -2.14. The molecule has 1 fully saturated rings. The number of ether oxygens (including phenoxy) is 1. The van der Waals surface area contributed by atoms with Gasteiger partial charge < -0.3 is 15.2 Å². The predicted octanol–water partition coefficient (Wildman–Crippen LogP) is 3.00. The Morgan fingerprint density at radius 2 is 1.62 bits per heavy atom. The molecule has 0 unspecified atom stereocenters. The van der Waals surface area contributed by atoms with Gasteiger partial charge in [0.1, 0.15) is 6.61 Å². The molecule has 1 saturated carbocycles. The normalized spacial score (nSPS) is 20.8. The first-order valence-electron chi connectivity index (χ1n) is 7.99. The van der Waals surface area contributed by atoms with E-state index in [1.54, 1.807) is 0 Å². The molecule has 0 radical (unpaired) electrons. The SMILES string of the molecule is O=C(N[C@H]1C[C@H]1C(=O)O)OCC1c2ccccc2-c2ccccc21. The van der Waals surface area contributed by atoms with E-state index in [2.05, 4.69) is 29.6 Å². The third-order valence-corrected chi connectivity index (χ3v) is 4.75. The number of carboxylic acids is 1. The van der Waals surface area contributed by atoms with E-state index >= 15 is 0 Å². The predicted molar refractivity (Wildman–Crippen MR) is 87.7 cm³/mol. The second-order valence-electron chi connectivity index (χ2n) is 6.26. The summed E-state index contributed by atoms with van der Waals surface area (Å²) in [5.74, 6) is -1.35. The number of hydrogen-bond acceptors (Lipinski definition) is 3. The lowest BCUT2D eigenvalue weighted by atomic mass is 9.98. The Balaban J connectivity index is 1.45. The zero-order valence-electron chi connectivity index (χ0n) is 12.9. The van der Waals surface area contributed by atoms with Crippen LogP contribution in [0.25, 0.3) is 11.1 Å². The quantitative estimate of drug-likeness (QED) is 0.907. The number of hydrogen-bond donors (Lipinski definition) is 2. The van der Waals surface area contributed by atoms with Crippen LogP contribution in [0.15, 0.2) is 48.5 Å². The summed E-state index contributed by atoms with van der Waals surface area (Å²) < 4.78 is 5.38. The average molecular weight is 323 g/mol. The van der Waals surface area contributed by atoms with Gasteiger partial charge >= 0.3 is 12.1 Å².